The number of hydrogen-bond donors (Lipinski definition) is 0. The Morgan fingerprint density at radius 2 is 1.92 bits per heavy atom. The SMILES string of the molecule is COCCCCCN1CCCC(CN2CCN(c3ccccn3)CC2)C1. The van der Waals surface area contributed by atoms with E-state index in [1.54, 1.807) is 7.11 Å². The molecule has 3 rings (SSSR count). The van der Waals surface area contributed by atoms with Crippen molar-refractivity contribution in [2.45, 2.75) is 32.1 Å². The Morgan fingerprint density at radius 1 is 1.04 bits per heavy atom. The van der Waals surface area contributed by atoms with Crippen molar-refractivity contribution in [1.29, 1.82) is 0 Å². The van der Waals surface area contributed by atoms with Crippen LogP contribution >= 0.6 is 0 Å². The first kappa shape index (κ1) is 19.6. The van der Waals surface area contributed by atoms with Crippen molar-refractivity contribution in [1.82, 2.24) is 14.8 Å². The second-order valence-corrected chi connectivity index (χ2v) is 7.84. The van der Waals surface area contributed by atoms with Gasteiger partial charge in [0.1, 0.15) is 5.82 Å². The van der Waals surface area contributed by atoms with Crippen molar-refractivity contribution in [3.63, 3.8) is 0 Å². The molecule has 26 heavy (non-hydrogen) atoms. The number of pyridine rings is 1. The number of hydrogen-bond acceptors (Lipinski definition) is 5. The zero-order valence-corrected chi connectivity index (χ0v) is 16.5. The summed E-state index contributed by atoms with van der Waals surface area (Å²) < 4.78 is 5.14. The van der Waals surface area contributed by atoms with Crippen LogP contribution in [0, 0.1) is 5.92 Å². The van der Waals surface area contributed by atoms with Gasteiger partial charge in [-0.05, 0) is 63.2 Å². The Kier molecular flexibility index (Phi) is 8.18. The van der Waals surface area contributed by atoms with Gasteiger partial charge >= 0.3 is 0 Å². The number of methoxy groups -OCH3 is 1. The topological polar surface area (TPSA) is 31.8 Å². The van der Waals surface area contributed by atoms with E-state index in [9.17, 15) is 0 Å². The summed E-state index contributed by atoms with van der Waals surface area (Å²) in [6.45, 7) is 10.6. The third-order valence-corrected chi connectivity index (χ3v) is 5.79. The highest BCUT2D eigenvalue weighted by atomic mass is 16.5. The minimum absolute atomic E-state index is 0.851. The highest BCUT2D eigenvalue weighted by molar-refractivity contribution is 5.38. The fraction of sp³-hybridized carbons (Fsp3) is 0.762. The van der Waals surface area contributed by atoms with Crippen molar-refractivity contribution in [3.05, 3.63) is 24.4 Å². The molecule has 2 fully saturated rings. The number of ether oxygens (including phenoxy) is 1. The number of anilines is 1. The van der Waals surface area contributed by atoms with Crippen LogP contribution in [0.15, 0.2) is 24.4 Å². The van der Waals surface area contributed by atoms with E-state index >= 15 is 0 Å². The van der Waals surface area contributed by atoms with Gasteiger partial charge in [0.05, 0.1) is 0 Å². The van der Waals surface area contributed by atoms with Gasteiger partial charge < -0.3 is 14.5 Å². The Morgan fingerprint density at radius 3 is 2.69 bits per heavy atom. The Hall–Kier alpha value is -1.17. The Bertz CT molecular complexity index is 490. The monoisotopic (exact) mass is 360 g/mol. The largest absolute Gasteiger partial charge is 0.385 e. The molecule has 0 aromatic carbocycles. The van der Waals surface area contributed by atoms with Gasteiger partial charge in [0.15, 0.2) is 0 Å². The summed E-state index contributed by atoms with van der Waals surface area (Å²) in [6.07, 6.45) is 8.49. The normalized spacial score (nSPS) is 22.7. The van der Waals surface area contributed by atoms with Crippen molar-refractivity contribution in [2.24, 2.45) is 5.92 Å². The lowest BCUT2D eigenvalue weighted by Gasteiger charge is -2.39. The lowest BCUT2D eigenvalue weighted by atomic mass is 9.96. The molecule has 0 aliphatic carbocycles. The molecule has 0 bridgehead atoms. The van der Waals surface area contributed by atoms with Crippen molar-refractivity contribution in [3.8, 4) is 0 Å². The summed E-state index contributed by atoms with van der Waals surface area (Å²) in [4.78, 5) is 12.3. The van der Waals surface area contributed by atoms with Crippen LogP contribution in [-0.2, 0) is 4.74 Å². The minimum atomic E-state index is 0.851. The molecule has 5 heteroatoms. The summed E-state index contributed by atoms with van der Waals surface area (Å²) in [5, 5.41) is 0. The molecule has 0 spiro atoms. The maximum atomic E-state index is 5.14. The molecule has 0 saturated carbocycles. The van der Waals surface area contributed by atoms with Gasteiger partial charge in [0.2, 0.25) is 0 Å². The molecule has 1 unspecified atom stereocenters. The Balaban J connectivity index is 1.34. The fourth-order valence-corrected chi connectivity index (χ4v) is 4.33. The summed E-state index contributed by atoms with van der Waals surface area (Å²) >= 11 is 0. The second kappa shape index (κ2) is 10.9. The molecule has 1 aromatic heterocycles. The molecular weight excluding hydrogens is 324 g/mol. The van der Waals surface area contributed by atoms with Crippen LogP contribution in [-0.4, -0.2) is 80.9 Å². The number of rotatable bonds is 9. The van der Waals surface area contributed by atoms with Gasteiger partial charge in [-0.25, -0.2) is 4.98 Å². The zero-order chi connectivity index (χ0) is 18.0. The van der Waals surface area contributed by atoms with Crippen LogP contribution in [0.1, 0.15) is 32.1 Å². The number of likely N-dealkylation sites (tertiary alicyclic amines) is 1. The van der Waals surface area contributed by atoms with Gasteiger partial charge in [-0.3, -0.25) is 4.90 Å². The van der Waals surface area contributed by atoms with E-state index in [-0.39, 0.29) is 0 Å². The van der Waals surface area contributed by atoms with E-state index in [2.05, 4.69) is 31.8 Å². The van der Waals surface area contributed by atoms with Crippen molar-refractivity contribution >= 4 is 5.82 Å². The third-order valence-electron chi connectivity index (χ3n) is 5.79. The molecule has 3 heterocycles. The fourth-order valence-electron chi connectivity index (χ4n) is 4.33. The molecule has 2 aliphatic heterocycles. The van der Waals surface area contributed by atoms with E-state index in [1.165, 1.54) is 71.4 Å². The smallest absolute Gasteiger partial charge is 0.128 e. The molecule has 2 saturated heterocycles. The Labute approximate surface area is 159 Å². The predicted octanol–water partition coefficient (Wildman–Crippen LogP) is 2.73. The number of unbranched alkanes of at least 4 members (excludes halogenated alkanes) is 2. The summed E-state index contributed by atoms with van der Waals surface area (Å²) in [5.41, 5.74) is 0. The van der Waals surface area contributed by atoms with Crippen LogP contribution in [0.5, 0.6) is 0 Å². The van der Waals surface area contributed by atoms with E-state index in [4.69, 9.17) is 4.74 Å². The van der Waals surface area contributed by atoms with Crippen LogP contribution in [0.4, 0.5) is 5.82 Å². The lowest BCUT2D eigenvalue weighted by molar-refractivity contribution is 0.126. The number of nitrogens with zero attached hydrogens (tertiary/aromatic N) is 4. The van der Waals surface area contributed by atoms with Crippen LogP contribution in [0.2, 0.25) is 0 Å². The third kappa shape index (κ3) is 6.22. The number of piperazine rings is 1. The summed E-state index contributed by atoms with van der Waals surface area (Å²) in [5.74, 6) is 1.98. The first-order chi connectivity index (χ1) is 12.8. The van der Waals surface area contributed by atoms with Gasteiger partial charge in [-0.1, -0.05) is 6.07 Å². The van der Waals surface area contributed by atoms with Crippen LogP contribution < -0.4 is 4.90 Å². The maximum Gasteiger partial charge on any atom is 0.128 e. The van der Waals surface area contributed by atoms with E-state index in [1.807, 2.05) is 12.3 Å². The molecule has 1 atom stereocenters. The van der Waals surface area contributed by atoms with Crippen LogP contribution in [0.3, 0.4) is 0 Å². The van der Waals surface area contributed by atoms with Gasteiger partial charge in [-0.2, -0.15) is 0 Å². The minimum Gasteiger partial charge on any atom is -0.385 e. The number of piperidine rings is 1. The first-order valence-corrected chi connectivity index (χ1v) is 10.4. The van der Waals surface area contributed by atoms with E-state index in [0.717, 1.165) is 31.4 Å². The molecule has 146 valence electrons. The average molecular weight is 361 g/mol. The van der Waals surface area contributed by atoms with Crippen molar-refractivity contribution in [2.75, 3.05) is 71.0 Å². The van der Waals surface area contributed by atoms with Crippen molar-refractivity contribution < 1.29 is 4.74 Å². The molecule has 5 nitrogen and oxygen atoms in total. The first-order valence-electron chi connectivity index (χ1n) is 10.4. The predicted molar refractivity (Wildman–Crippen MR) is 108 cm³/mol. The lowest BCUT2D eigenvalue weighted by Crippen LogP contribution is -2.49. The quantitative estimate of drug-likeness (QED) is 0.632. The maximum absolute atomic E-state index is 5.14. The highest BCUT2D eigenvalue weighted by Gasteiger charge is 2.24. The van der Waals surface area contributed by atoms with E-state index in [0.29, 0.717) is 0 Å². The van der Waals surface area contributed by atoms with Gasteiger partial charge in [0, 0.05) is 59.2 Å². The molecular formula is C21H36N4O. The highest BCUT2D eigenvalue weighted by Crippen LogP contribution is 2.20. The average Bonchev–Trinajstić information content (AvgIpc) is 2.69. The van der Waals surface area contributed by atoms with E-state index < -0.39 is 0 Å². The summed E-state index contributed by atoms with van der Waals surface area (Å²) in [7, 11) is 1.80. The van der Waals surface area contributed by atoms with Gasteiger partial charge in [0.25, 0.3) is 0 Å². The van der Waals surface area contributed by atoms with Crippen LogP contribution in [0.25, 0.3) is 0 Å². The second-order valence-electron chi connectivity index (χ2n) is 7.84. The molecule has 2 aliphatic rings. The van der Waals surface area contributed by atoms with Gasteiger partial charge in [-0.15, -0.1) is 0 Å². The molecule has 1 aromatic rings. The molecule has 0 N–H and O–H groups in total. The summed E-state index contributed by atoms with van der Waals surface area (Å²) in [6, 6.07) is 6.20. The standard InChI is InChI=1S/C21H36N4O/c1-26-17-6-2-5-11-23-12-7-8-20(18-23)19-24-13-15-25(16-14-24)21-9-3-4-10-22-21/h3-4,9-10,20H,2,5-8,11-19H2,1H3. The zero-order valence-electron chi connectivity index (χ0n) is 16.5. The molecule has 0 radical (unpaired) electrons. The molecule has 0 amide bonds. The number of aromatic nitrogens is 1.